The Bertz CT molecular complexity index is 1120. The molecule has 0 atom stereocenters. The molecule has 0 aliphatic heterocycles. The van der Waals surface area contributed by atoms with Crippen molar-refractivity contribution in [2.24, 2.45) is 7.05 Å². The number of nitrogens with zero attached hydrogens (tertiary/aromatic N) is 2. The van der Waals surface area contributed by atoms with Gasteiger partial charge in [-0.05, 0) is 44.0 Å². The number of carbonyl (C=O) groups is 2. The van der Waals surface area contributed by atoms with Gasteiger partial charge >= 0.3 is 5.97 Å². The molecule has 31 heavy (non-hydrogen) atoms. The molecular weight excluding hydrogens is 464 g/mol. The molecule has 8 nitrogen and oxygen atoms in total. The maximum atomic E-state index is 13.1. The molecule has 0 saturated carbocycles. The molecule has 0 radical (unpaired) electrons. The highest BCUT2D eigenvalue weighted by Crippen LogP contribution is 2.32. The third kappa shape index (κ3) is 4.72. The number of esters is 1. The van der Waals surface area contributed by atoms with Gasteiger partial charge in [0, 0.05) is 29.9 Å². The Morgan fingerprint density at radius 1 is 1.16 bits per heavy atom. The molecule has 0 saturated heterocycles. The lowest BCUT2D eigenvalue weighted by Crippen LogP contribution is -2.17. The normalized spacial score (nSPS) is 10.9. The lowest BCUT2D eigenvalue weighted by atomic mass is 10.1. The van der Waals surface area contributed by atoms with Crippen LogP contribution < -0.4 is 5.32 Å². The molecule has 3 rings (SSSR count). The van der Waals surface area contributed by atoms with Crippen LogP contribution in [0.1, 0.15) is 37.8 Å². The van der Waals surface area contributed by atoms with Crippen LogP contribution in [0.25, 0.3) is 11.1 Å². The molecule has 3 aromatic rings. The molecule has 0 aliphatic carbocycles. The average Bonchev–Trinajstić information content (AvgIpc) is 3.17. The Labute approximate surface area is 189 Å². The minimum atomic E-state index is -0.491. The Balaban J connectivity index is 1.90. The van der Waals surface area contributed by atoms with Crippen molar-refractivity contribution in [3.63, 3.8) is 0 Å². The van der Waals surface area contributed by atoms with Crippen LogP contribution in [0.15, 0.2) is 28.7 Å². The smallest absolute Gasteiger partial charge is 0.340 e. The van der Waals surface area contributed by atoms with Gasteiger partial charge in [-0.25, -0.2) is 4.79 Å². The van der Waals surface area contributed by atoms with E-state index in [1.165, 1.54) is 7.11 Å². The van der Waals surface area contributed by atoms with Crippen molar-refractivity contribution >= 4 is 33.6 Å². The highest BCUT2D eigenvalue weighted by atomic mass is 79.9. The van der Waals surface area contributed by atoms with Crippen LogP contribution in [-0.2, 0) is 16.5 Å². The zero-order chi connectivity index (χ0) is 22.7. The number of amides is 1. The van der Waals surface area contributed by atoms with Gasteiger partial charge in [0.05, 0.1) is 17.9 Å². The number of aryl methyl sites for hydroxylation is 3. The van der Waals surface area contributed by atoms with E-state index in [9.17, 15) is 9.59 Å². The van der Waals surface area contributed by atoms with Gasteiger partial charge in [-0.1, -0.05) is 28.1 Å². The number of nitrogens with one attached hydrogen (secondary N) is 2. The second kappa shape index (κ2) is 9.49. The summed E-state index contributed by atoms with van der Waals surface area (Å²) in [6, 6.07) is 7.80. The molecule has 2 heterocycles. The molecule has 2 N–H and O–H groups in total. The molecule has 2 aromatic heterocycles. The van der Waals surface area contributed by atoms with Crippen molar-refractivity contribution in [3.8, 4) is 11.1 Å². The van der Waals surface area contributed by atoms with Gasteiger partial charge in [-0.15, -0.1) is 0 Å². The lowest BCUT2D eigenvalue weighted by molar-refractivity contribution is 0.0387. The summed E-state index contributed by atoms with van der Waals surface area (Å²) < 4.78 is 12.7. The van der Waals surface area contributed by atoms with Crippen molar-refractivity contribution < 1.29 is 19.1 Å². The first-order valence-electron chi connectivity index (χ1n) is 9.70. The number of halogens is 1. The van der Waals surface area contributed by atoms with Crippen molar-refractivity contribution in [2.75, 3.05) is 25.6 Å². The summed E-state index contributed by atoms with van der Waals surface area (Å²) >= 11 is 3.44. The number of aromatic amines is 1. The summed E-state index contributed by atoms with van der Waals surface area (Å²) in [5.74, 6) is -0.284. The quantitative estimate of drug-likeness (QED) is 0.384. The fraction of sp³-hybridized carbons (Fsp3) is 0.318. The van der Waals surface area contributed by atoms with Crippen LogP contribution in [0.4, 0.5) is 5.82 Å². The van der Waals surface area contributed by atoms with E-state index in [2.05, 4.69) is 31.3 Å². The minimum Gasteiger partial charge on any atom is -0.460 e. The van der Waals surface area contributed by atoms with Crippen LogP contribution in [0.5, 0.6) is 0 Å². The van der Waals surface area contributed by atoms with E-state index in [-0.39, 0.29) is 12.5 Å². The third-order valence-electron chi connectivity index (χ3n) is 4.98. The second-order valence-corrected chi connectivity index (χ2v) is 8.06. The molecule has 0 aliphatic rings. The fourth-order valence-electron chi connectivity index (χ4n) is 3.51. The second-order valence-electron chi connectivity index (χ2n) is 7.15. The number of aromatic nitrogens is 3. The van der Waals surface area contributed by atoms with E-state index >= 15 is 0 Å². The van der Waals surface area contributed by atoms with Gasteiger partial charge in [0.15, 0.2) is 0 Å². The molecule has 0 unspecified atom stereocenters. The summed E-state index contributed by atoms with van der Waals surface area (Å²) in [5.41, 5.74) is 4.32. The number of methoxy groups -OCH3 is 1. The standard InChI is InChI=1S/C22H25BrN4O4/c1-12-17(22(29)31-11-10-30-5)13(2)24-19(12)21(28)25-20-18(14(3)26-27(20)4)15-6-8-16(23)9-7-15/h6-9,24H,10-11H2,1-5H3,(H,25,28). The first-order valence-corrected chi connectivity index (χ1v) is 10.5. The monoisotopic (exact) mass is 488 g/mol. The summed E-state index contributed by atoms with van der Waals surface area (Å²) in [4.78, 5) is 28.6. The van der Waals surface area contributed by atoms with Gasteiger partial charge in [0.2, 0.25) is 0 Å². The summed E-state index contributed by atoms with van der Waals surface area (Å²) in [6.45, 7) is 5.80. The van der Waals surface area contributed by atoms with Crippen LogP contribution >= 0.6 is 15.9 Å². The number of ether oxygens (including phenoxy) is 2. The summed E-state index contributed by atoms with van der Waals surface area (Å²) in [6.07, 6.45) is 0. The fourth-order valence-corrected chi connectivity index (χ4v) is 3.77. The first kappa shape index (κ1) is 22.8. The molecule has 9 heteroatoms. The van der Waals surface area contributed by atoms with Gasteiger partial charge < -0.3 is 19.8 Å². The lowest BCUT2D eigenvalue weighted by Gasteiger charge is -2.09. The largest absolute Gasteiger partial charge is 0.460 e. The molecule has 1 aromatic carbocycles. The number of hydrogen-bond donors (Lipinski definition) is 2. The number of hydrogen-bond acceptors (Lipinski definition) is 5. The van der Waals surface area contributed by atoms with Gasteiger partial charge in [0.1, 0.15) is 18.1 Å². The highest BCUT2D eigenvalue weighted by Gasteiger charge is 2.25. The first-order chi connectivity index (χ1) is 14.7. The summed E-state index contributed by atoms with van der Waals surface area (Å²) in [7, 11) is 3.31. The number of H-pyrrole nitrogens is 1. The number of anilines is 1. The molecule has 164 valence electrons. The van der Waals surface area contributed by atoms with Crippen LogP contribution in [0.3, 0.4) is 0 Å². The SMILES string of the molecule is COCCOC(=O)c1c(C)[nH]c(C(=O)Nc2c(-c3ccc(Br)cc3)c(C)nn2C)c1C. The number of benzene rings is 1. The predicted molar refractivity (Wildman–Crippen MR) is 121 cm³/mol. The van der Waals surface area contributed by atoms with Crippen LogP contribution in [0, 0.1) is 20.8 Å². The van der Waals surface area contributed by atoms with E-state index in [0.717, 1.165) is 21.3 Å². The summed E-state index contributed by atoms with van der Waals surface area (Å²) in [5, 5.41) is 7.41. The molecular formula is C22H25BrN4O4. The Hall–Kier alpha value is -2.91. The molecule has 0 fully saturated rings. The number of rotatable bonds is 7. The van der Waals surface area contributed by atoms with Crippen molar-refractivity contribution in [1.29, 1.82) is 0 Å². The molecule has 0 spiro atoms. The highest BCUT2D eigenvalue weighted by molar-refractivity contribution is 9.10. The van der Waals surface area contributed by atoms with Gasteiger partial charge in [-0.2, -0.15) is 5.10 Å². The van der Waals surface area contributed by atoms with E-state index < -0.39 is 5.97 Å². The Morgan fingerprint density at radius 3 is 2.48 bits per heavy atom. The zero-order valence-electron chi connectivity index (χ0n) is 18.1. The van der Waals surface area contributed by atoms with Gasteiger partial charge in [-0.3, -0.25) is 9.48 Å². The van der Waals surface area contributed by atoms with Crippen molar-refractivity contribution in [2.45, 2.75) is 20.8 Å². The maximum Gasteiger partial charge on any atom is 0.340 e. The Kier molecular flexibility index (Phi) is 6.97. The van der Waals surface area contributed by atoms with E-state index in [0.29, 0.717) is 34.9 Å². The number of carbonyl (C=O) groups excluding carboxylic acids is 2. The minimum absolute atomic E-state index is 0.145. The van der Waals surface area contributed by atoms with Gasteiger partial charge in [0.25, 0.3) is 5.91 Å². The zero-order valence-corrected chi connectivity index (χ0v) is 19.7. The Morgan fingerprint density at radius 2 is 1.84 bits per heavy atom. The molecule has 0 bridgehead atoms. The average molecular weight is 489 g/mol. The van der Waals surface area contributed by atoms with E-state index in [1.54, 1.807) is 25.6 Å². The third-order valence-corrected chi connectivity index (χ3v) is 5.51. The molecule has 1 amide bonds. The predicted octanol–water partition coefficient (Wildman–Crippen LogP) is 4.16. The maximum absolute atomic E-state index is 13.1. The van der Waals surface area contributed by atoms with Crippen LogP contribution in [0.2, 0.25) is 0 Å². The van der Waals surface area contributed by atoms with Crippen molar-refractivity contribution in [1.82, 2.24) is 14.8 Å². The van der Waals surface area contributed by atoms with E-state index in [1.807, 2.05) is 31.2 Å². The van der Waals surface area contributed by atoms with Crippen molar-refractivity contribution in [3.05, 3.63) is 56.9 Å². The van der Waals surface area contributed by atoms with E-state index in [4.69, 9.17) is 9.47 Å². The topological polar surface area (TPSA) is 98.2 Å². The van der Waals surface area contributed by atoms with Crippen LogP contribution in [-0.4, -0.2) is 47.0 Å².